The number of nitrogens with zero attached hydrogens (tertiary/aromatic N) is 3. The number of halogens is 3. The van der Waals surface area contributed by atoms with E-state index in [1.807, 2.05) is 0 Å². The molecule has 0 amide bonds. The third-order valence-corrected chi connectivity index (χ3v) is 2.55. The van der Waals surface area contributed by atoms with Crippen molar-refractivity contribution in [2.75, 3.05) is 12.3 Å². The minimum Gasteiger partial charge on any atom is -0.462 e. The van der Waals surface area contributed by atoms with Gasteiger partial charge in [-0.1, -0.05) is 0 Å². The van der Waals surface area contributed by atoms with Crippen molar-refractivity contribution in [1.29, 1.82) is 0 Å². The van der Waals surface area contributed by atoms with E-state index in [1.54, 1.807) is 6.92 Å². The number of nitrogen functional groups attached to an aromatic ring is 1. The van der Waals surface area contributed by atoms with E-state index in [-0.39, 0.29) is 23.8 Å². The van der Waals surface area contributed by atoms with Crippen LogP contribution < -0.4 is 5.73 Å². The van der Waals surface area contributed by atoms with E-state index in [0.717, 1.165) is 16.8 Å². The van der Waals surface area contributed by atoms with Crippen molar-refractivity contribution in [2.24, 2.45) is 0 Å². The molecule has 0 bridgehead atoms. The first-order chi connectivity index (χ1) is 9.82. The summed E-state index contributed by atoms with van der Waals surface area (Å²) >= 11 is 0. The van der Waals surface area contributed by atoms with Crippen LogP contribution in [-0.4, -0.2) is 27.3 Å². The topological polar surface area (TPSA) is 83.0 Å². The van der Waals surface area contributed by atoms with E-state index in [4.69, 9.17) is 10.5 Å². The Kier molecular flexibility index (Phi) is 3.83. The lowest BCUT2D eigenvalue weighted by Gasteiger charge is -2.06. The minimum absolute atomic E-state index is 0.0264. The predicted octanol–water partition coefficient (Wildman–Crippen LogP) is 2.04. The lowest BCUT2D eigenvalue weighted by atomic mass is 10.3. The number of alkyl halides is 3. The normalized spacial score (nSPS) is 11.4. The average Bonchev–Trinajstić information content (AvgIpc) is 2.80. The Hall–Kier alpha value is -2.58. The number of pyridine rings is 1. The molecule has 0 aliphatic carbocycles. The van der Waals surface area contributed by atoms with Crippen LogP contribution in [0.2, 0.25) is 0 Å². The number of nitrogens with two attached hydrogens (primary N) is 1. The molecule has 0 aliphatic rings. The predicted molar refractivity (Wildman–Crippen MR) is 66.7 cm³/mol. The standard InChI is InChI=1S/C12H11F3N4O2/c1-2-21-11(20)8-6-19(18-10(8)16)9-4-3-7(5-17-9)12(13,14)15/h3-6H,2H2,1H3,(H2,16,18). The third-order valence-electron chi connectivity index (χ3n) is 2.55. The molecule has 0 saturated carbocycles. The summed E-state index contributed by atoms with van der Waals surface area (Å²) in [6.07, 6.45) is -2.54. The number of esters is 1. The molecule has 2 aromatic heterocycles. The number of aromatic nitrogens is 3. The van der Waals surface area contributed by atoms with Crippen molar-refractivity contribution in [1.82, 2.24) is 14.8 Å². The highest BCUT2D eigenvalue weighted by molar-refractivity contribution is 5.94. The monoisotopic (exact) mass is 300 g/mol. The van der Waals surface area contributed by atoms with E-state index in [0.29, 0.717) is 6.20 Å². The number of carbonyl (C=O) groups is 1. The van der Waals surface area contributed by atoms with Crippen LogP contribution in [-0.2, 0) is 10.9 Å². The average molecular weight is 300 g/mol. The van der Waals surface area contributed by atoms with Crippen molar-refractivity contribution in [3.63, 3.8) is 0 Å². The molecule has 0 aromatic carbocycles. The Morgan fingerprint density at radius 2 is 2.14 bits per heavy atom. The molecule has 2 aromatic rings. The largest absolute Gasteiger partial charge is 0.462 e. The fraction of sp³-hybridized carbons (Fsp3) is 0.250. The highest BCUT2D eigenvalue weighted by Crippen LogP contribution is 2.28. The second-order valence-electron chi connectivity index (χ2n) is 4.00. The molecule has 0 spiro atoms. The maximum atomic E-state index is 12.4. The molecular weight excluding hydrogens is 289 g/mol. The number of hydrogen-bond acceptors (Lipinski definition) is 5. The fourth-order valence-electron chi connectivity index (χ4n) is 1.56. The molecule has 0 atom stereocenters. The van der Waals surface area contributed by atoms with E-state index >= 15 is 0 Å². The van der Waals surface area contributed by atoms with Crippen molar-refractivity contribution in [3.05, 3.63) is 35.7 Å². The Balaban J connectivity index is 2.31. The second kappa shape index (κ2) is 5.43. The van der Waals surface area contributed by atoms with Gasteiger partial charge in [0.1, 0.15) is 5.56 Å². The van der Waals surface area contributed by atoms with Crippen LogP contribution in [0, 0.1) is 0 Å². The van der Waals surface area contributed by atoms with Gasteiger partial charge in [0.25, 0.3) is 0 Å². The number of rotatable bonds is 3. The van der Waals surface area contributed by atoms with Crippen LogP contribution in [0.3, 0.4) is 0 Å². The first-order valence-corrected chi connectivity index (χ1v) is 5.88. The third kappa shape index (κ3) is 3.12. The molecule has 112 valence electrons. The molecule has 9 heteroatoms. The molecule has 0 radical (unpaired) electrons. The van der Waals surface area contributed by atoms with Gasteiger partial charge in [0.05, 0.1) is 12.2 Å². The molecule has 6 nitrogen and oxygen atoms in total. The summed E-state index contributed by atoms with van der Waals surface area (Å²) in [5.74, 6) is -0.645. The van der Waals surface area contributed by atoms with Crippen molar-refractivity contribution < 1.29 is 22.7 Å². The van der Waals surface area contributed by atoms with Crippen molar-refractivity contribution in [2.45, 2.75) is 13.1 Å². The quantitative estimate of drug-likeness (QED) is 0.877. The maximum absolute atomic E-state index is 12.4. The van der Waals surface area contributed by atoms with E-state index in [2.05, 4.69) is 10.1 Å². The smallest absolute Gasteiger partial charge is 0.417 e. The van der Waals surface area contributed by atoms with E-state index in [1.165, 1.54) is 6.20 Å². The zero-order chi connectivity index (χ0) is 15.6. The summed E-state index contributed by atoms with van der Waals surface area (Å²) in [6.45, 7) is 1.80. The Morgan fingerprint density at radius 1 is 1.43 bits per heavy atom. The highest BCUT2D eigenvalue weighted by atomic mass is 19.4. The van der Waals surface area contributed by atoms with Crippen LogP contribution in [0.15, 0.2) is 24.5 Å². The van der Waals surface area contributed by atoms with Crippen molar-refractivity contribution >= 4 is 11.8 Å². The van der Waals surface area contributed by atoms with Crippen LogP contribution in [0.4, 0.5) is 19.0 Å². The summed E-state index contributed by atoms with van der Waals surface area (Å²) in [5, 5.41) is 3.83. The summed E-state index contributed by atoms with van der Waals surface area (Å²) in [4.78, 5) is 15.2. The summed E-state index contributed by atoms with van der Waals surface area (Å²) in [5.41, 5.74) is 4.72. The zero-order valence-electron chi connectivity index (χ0n) is 10.9. The van der Waals surface area contributed by atoms with Gasteiger partial charge in [-0.25, -0.2) is 14.5 Å². The number of hydrogen-bond donors (Lipinski definition) is 1. The molecule has 0 fully saturated rings. The Morgan fingerprint density at radius 3 is 2.67 bits per heavy atom. The van der Waals surface area contributed by atoms with E-state index < -0.39 is 17.7 Å². The Bertz CT molecular complexity index is 650. The second-order valence-corrected chi connectivity index (χ2v) is 4.00. The molecule has 0 aliphatic heterocycles. The van der Waals surface area contributed by atoms with Gasteiger partial charge in [-0.3, -0.25) is 0 Å². The van der Waals surface area contributed by atoms with Gasteiger partial charge >= 0.3 is 12.1 Å². The zero-order valence-corrected chi connectivity index (χ0v) is 10.9. The van der Waals surface area contributed by atoms with Gasteiger partial charge in [-0.15, -0.1) is 5.10 Å². The molecule has 2 heterocycles. The van der Waals surface area contributed by atoms with Gasteiger partial charge < -0.3 is 10.5 Å². The number of ether oxygens (including phenoxy) is 1. The molecule has 0 saturated heterocycles. The van der Waals surface area contributed by atoms with Crippen LogP contribution in [0.1, 0.15) is 22.8 Å². The minimum atomic E-state index is -4.47. The molecule has 21 heavy (non-hydrogen) atoms. The lowest BCUT2D eigenvalue weighted by Crippen LogP contribution is -2.07. The van der Waals surface area contributed by atoms with Crippen LogP contribution in [0.25, 0.3) is 5.82 Å². The summed E-state index contributed by atoms with van der Waals surface area (Å²) in [7, 11) is 0. The van der Waals surface area contributed by atoms with Crippen molar-refractivity contribution in [3.8, 4) is 5.82 Å². The first-order valence-electron chi connectivity index (χ1n) is 5.88. The summed E-state index contributed by atoms with van der Waals surface area (Å²) < 4.78 is 43.2. The van der Waals surface area contributed by atoms with Crippen LogP contribution in [0.5, 0.6) is 0 Å². The lowest BCUT2D eigenvalue weighted by molar-refractivity contribution is -0.137. The van der Waals surface area contributed by atoms with E-state index in [9.17, 15) is 18.0 Å². The van der Waals surface area contributed by atoms with Gasteiger partial charge in [0.2, 0.25) is 0 Å². The molecule has 2 N–H and O–H groups in total. The summed E-state index contributed by atoms with van der Waals surface area (Å²) in [6, 6.07) is 1.99. The maximum Gasteiger partial charge on any atom is 0.417 e. The molecule has 2 rings (SSSR count). The van der Waals surface area contributed by atoms with Gasteiger partial charge in [0.15, 0.2) is 11.6 Å². The first kappa shape index (κ1) is 14.8. The number of anilines is 1. The van der Waals surface area contributed by atoms with Gasteiger partial charge in [-0.05, 0) is 19.1 Å². The fourth-order valence-corrected chi connectivity index (χ4v) is 1.56. The molecular formula is C12H11F3N4O2. The SMILES string of the molecule is CCOC(=O)c1cn(-c2ccc(C(F)(F)F)cn2)nc1N. The number of carbonyl (C=O) groups excluding carboxylic acids is 1. The van der Waals surface area contributed by atoms with Crippen LogP contribution >= 0.6 is 0 Å². The highest BCUT2D eigenvalue weighted by Gasteiger charge is 2.30. The van der Waals surface area contributed by atoms with Gasteiger partial charge in [-0.2, -0.15) is 13.2 Å². The Labute approximate surface area is 117 Å². The molecule has 0 unspecified atom stereocenters. The van der Waals surface area contributed by atoms with Gasteiger partial charge in [0, 0.05) is 12.4 Å².